The summed E-state index contributed by atoms with van der Waals surface area (Å²) < 4.78 is 0. The molecule has 2 fully saturated rings. The summed E-state index contributed by atoms with van der Waals surface area (Å²) >= 11 is 0. The van der Waals surface area contributed by atoms with E-state index in [1.165, 1.54) is 6.42 Å². The molecule has 2 aromatic carbocycles. The average Bonchev–Trinajstić information content (AvgIpc) is 3.03. The molecule has 236 valence electrons. The lowest BCUT2D eigenvalue weighted by atomic mass is 10.1. The number of aromatic hydroxyl groups is 1. The van der Waals surface area contributed by atoms with Gasteiger partial charge < -0.3 is 42.7 Å². The summed E-state index contributed by atoms with van der Waals surface area (Å²) in [7, 11) is 0. The molecule has 0 radical (unpaired) electrons. The lowest BCUT2D eigenvalue weighted by Gasteiger charge is -2.36. The van der Waals surface area contributed by atoms with E-state index in [0.29, 0.717) is 34.8 Å². The lowest BCUT2D eigenvalue weighted by Crippen LogP contribution is -2.47. The van der Waals surface area contributed by atoms with Crippen LogP contribution in [0.2, 0.25) is 0 Å². The minimum absolute atomic E-state index is 0. The van der Waals surface area contributed by atoms with Gasteiger partial charge in [-0.15, -0.1) is 0 Å². The average molecular weight is 604 g/mol. The quantitative estimate of drug-likeness (QED) is 0.169. The van der Waals surface area contributed by atoms with E-state index in [1.807, 2.05) is 43.6 Å². The fourth-order valence-electron chi connectivity index (χ4n) is 5.25. The summed E-state index contributed by atoms with van der Waals surface area (Å²) in [5.41, 5.74) is 3.68. The van der Waals surface area contributed by atoms with E-state index in [0.717, 1.165) is 63.4 Å². The monoisotopic (exact) mass is 603 g/mol. The Bertz CT molecular complexity index is 1530. The topological polar surface area (TPSA) is 193 Å². The summed E-state index contributed by atoms with van der Waals surface area (Å²) in [6.45, 7) is 7.04. The van der Waals surface area contributed by atoms with Crippen molar-refractivity contribution in [2.45, 2.75) is 26.2 Å². The number of piperazine rings is 1. The molecule has 9 N–H and O–H groups in total. The molecule has 0 saturated carbocycles. The van der Waals surface area contributed by atoms with Gasteiger partial charge in [-0.05, 0) is 62.6 Å². The predicted octanol–water partition coefficient (Wildman–Crippen LogP) is 5.41. The third kappa shape index (κ3) is 7.49. The first-order chi connectivity index (χ1) is 20.5. The number of hydrogen-bond acceptors (Lipinski definition) is 12. The molecule has 44 heavy (non-hydrogen) atoms. The van der Waals surface area contributed by atoms with Gasteiger partial charge in [0.1, 0.15) is 5.75 Å². The van der Waals surface area contributed by atoms with Crippen molar-refractivity contribution in [3.05, 3.63) is 78.1 Å². The number of carbonyl (C=O) groups is 1. The van der Waals surface area contributed by atoms with Crippen molar-refractivity contribution in [3.8, 4) is 5.75 Å². The number of rotatable bonds is 7. The van der Waals surface area contributed by atoms with Crippen LogP contribution in [0.4, 0.5) is 34.9 Å². The maximum atomic E-state index is 12.7. The summed E-state index contributed by atoms with van der Waals surface area (Å²) in [5.74, 6) is 1.35. The van der Waals surface area contributed by atoms with E-state index < -0.39 is 0 Å². The first-order valence-corrected chi connectivity index (χ1v) is 14.4. The van der Waals surface area contributed by atoms with Crippen molar-refractivity contribution in [1.82, 2.24) is 32.2 Å². The number of nitrogens with one attached hydrogen (secondary N) is 2. The molecule has 2 saturated heterocycles. The molecule has 6 rings (SSSR count). The first-order valence-electron chi connectivity index (χ1n) is 14.4. The minimum Gasteiger partial charge on any atom is -0.506 e. The summed E-state index contributed by atoms with van der Waals surface area (Å²) in [5, 5.41) is 16.7. The van der Waals surface area contributed by atoms with Gasteiger partial charge in [0, 0.05) is 77.5 Å². The van der Waals surface area contributed by atoms with Gasteiger partial charge in [-0.25, -0.2) is 0 Å². The Morgan fingerprint density at radius 3 is 2.02 bits per heavy atom. The van der Waals surface area contributed by atoms with E-state index in [-0.39, 0.29) is 26.8 Å². The van der Waals surface area contributed by atoms with Crippen molar-refractivity contribution in [3.63, 3.8) is 0 Å². The second-order valence-corrected chi connectivity index (χ2v) is 10.7. The molecular weight excluding hydrogens is 558 g/mol. The Balaban J connectivity index is 0.00000184. The maximum Gasteiger partial charge on any atom is 0.255 e. The van der Waals surface area contributed by atoms with Crippen molar-refractivity contribution >= 4 is 40.8 Å². The zero-order valence-electron chi connectivity index (χ0n) is 25.1. The second-order valence-electron chi connectivity index (χ2n) is 10.7. The Labute approximate surface area is 260 Å². The number of anilines is 6. The van der Waals surface area contributed by atoms with Crippen LogP contribution in [0.25, 0.3) is 0 Å². The van der Waals surface area contributed by atoms with Gasteiger partial charge in [0.25, 0.3) is 5.91 Å². The van der Waals surface area contributed by atoms with Crippen molar-refractivity contribution < 1.29 is 12.8 Å². The third-order valence-corrected chi connectivity index (χ3v) is 7.66. The van der Waals surface area contributed by atoms with Crippen LogP contribution in [0.15, 0.2) is 67.0 Å². The Hall–Kier alpha value is -5.01. The van der Waals surface area contributed by atoms with Crippen LogP contribution in [-0.2, 0) is 0 Å². The fraction of sp³-hybridized carbons (Fsp3) is 0.323. The number of phenolic OH excluding ortho intramolecular Hbond substituents is 1. The van der Waals surface area contributed by atoms with Gasteiger partial charge in [-0.1, -0.05) is 17.7 Å². The number of pyridine rings is 1. The van der Waals surface area contributed by atoms with Crippen LogP contribution < -0.4 is 37.6 Å². The van der Waals surface area contributed by atoms with Gasteiger partial charge >= 0.3 is 0 Å². The molecule has 2 aliphatic heterocycles. The molecular formula is C31H45N11O2. The molecule has 13 heteroatoms. The number of amides is 1. The molecule has 0 unspecified atom stereocenters. The smallest absolute Gasteiger partial charge is 0.255 e. The molecule has 1 amide bonds. The highest BCUT2D eigenvalue weighted by Crippen LogP contribution is 2.30. The van der Waals surface area contributed by atoms with Gasteiger partial charge in [0.15, 0.2) is 0 Å². The molecule has 0 bridgehead atoms. The van der Waals surface area contributed by atoms with E-state index >= 15 is 0 Å². The lowest BCUT2D eigenvalue weighted by molar-refractivity contribution is 0.102. The fourth-order valence-corrected chi connectivity index (χ4v) is 5.25. The minimum atomic E-state index is -0.289. The van der Waals surface area contributed by atoms with Crippen LogP contribution in [0.5, 0.6) is 5.75 Å². The molecule has 4 heterocycles. The summed E-state index contributed by atoms with van der Waals surface area (Å²) in [6, 6.07) is 16.3. The molecule has 4 aromatic rings. The Morgan fingerprint density at radius 1 is 0.773 bits per heavy atom. The highest BCUT2D eigenvalue weighted by molar-refractivity contribution is 6.05. The Kier molecular flexibility index (Phi) is 10.5. The van der Waals surface area contributed by atoms with Crippen LogP contribution >= 0.6 is 0 Å². The number of aryl methyl sites for hydroxylation is 1. The van der Waals surface area contributed by atoms with Crippen LogP contribution in [-0.4, -0.2) is 70.2 Å². The van der Waals surface area contributed by atoms with E-state index in [1.54, 1.807) is 30.3 Å². The number of benzene rings is 2. The third-order valence-electron chi connectivity index (χ3n) is 7.66. The number of nitrogens with zero attached hydrogens (tertiary/aromatic N) is 7. The SMILES string of the molecule is Cc1ccc(C(=O)Nc2ccc(Nc3nc(N4CCCCC4)nc(N4CCN(c5ccncc5)CC4)n3)cc2O)cc1.N.N.[HH].[HH]. The van der Waals surface area contributed by atoms with E-state index in [4.69, 9.17) is 15.0 Å². The van der Waals surface area contributed by atoms with Gasteiger partial charge in [0.2, 0.25) is 17.8 Å². The van der Waals surface area contributed by atoms with Crippen LogP contribution in [0.1, 0.15) is 38.0 Å². The van der Waals surface area contributed by atoms with E-state index in [9.17, 15) is 9.90 Å². The number of phenols is 1. The maximum absolute atomic E-state index is 12.7. The van der Waals surface area contributed by atoms with E-state index in [2.05, 4.69) is 30.3 Å². The van der Waals surface area contributed by atoms with Crippen LogP contribution in [0, 0.1) is 6.92 Å². The number of piperidine rings is 1. The molecule has 0 atom stereocenters. The van der Waals surface area contributed by atoms with Crippen molar-refractivity contribution in [1.29, 1.82) is 0 Å². The number of carbonyl (C=O) groups excluding carboxylic acids is 1. The predicted molar refractivity (Wildman–Crippen MR) is 179 cm³/mol. The summed E-state index contributed by atoms with van der Waals surface area (Å²) in [4.78, 5) is 37.9. The van der Waals surface area contributed by atoms with Gasteiger partial charge in [-0.3, -0.25) is 9.78 Å². The Morgan fingerprint density at radius 2 is 1.39 bits per heavy atom. The second kappa shape index (κ2) is 14.4. The highest BCUT2D eigenvalue weighted by Gasteiger charge is 2.23. The zero-order valence-corrected chi connectivity index (χ0v) is 25.1. The number of hydrogen-bond donors (Lipinski definition) is 5. The van der Waals surface area contributed by atoms with Crippen molar-refractivity contribution in [2.75, 3.05) is 64.6 Å². The van der Waals surface area contributed by atoms with Crippen LogP contribution in [0.3, 0.4) is 0 Å². The van der Waals surface area contributed by atoms with Gasteiger partial charge in [0.05, 0.1) is 5.69 Å². The molecule has 13 nitrogen and oxygen atoms in total. The summed E-state index contributed by atoms with van der Waals surface area (Å²) in [6.07, 6.45) is 7.07. The van der Waals surface area contributed by atoms with Crippen molar-refractivity contribution in [2.24, 2.45) is 0 Å². The molecule has 2 aliphatic rings. The highest BCUT2D eigenvalue weighted by atomic mass is 16.3. The normalized spacial score (nSPS) is 14.7. The largest absolute Gasteiger partial charge is 0.506 e. The first kappa shape index (κ1) is 31.9. The number of aromatic nitrogens is 4. The molecule has 0 spiro atoms. The standard InChI is InChI=1S/C31H35N9O2.2H3N.2H2/c1-22-5-7-23(8-6-22)28(42)34-26-10-9-24(21-27(26)41)33-29-35-30(39-15-3-2-4-16-39)37-31(36-29)40-19-17-38(18-20-40)25-11-13-32-14-12-25;;;;/h5-14,21,41H,2-4,15-20H2,1H3,(H,34,42)(H,33,35,36,37);2*1H3;2*1H. The van der Waals surface area contributed by atoms with Gasteiger partial charge in [-0.2, -0.15) is 15.0 Å². The molecule has 2 aromatic heterocycles. The molecule has 0 aliphatic carbocycles. The zero-order chi connectivity index (χ0) is 28.9.